The van der Waals surface area contributed by atoms with Crippen molar-refractivity contribution in [2.24, 2.45) is 11.8 Å². The first kappa shape index (κ1) is 20.9. The van der Waals surface area contributed by atoms with Crippen molar-refractivity contribution in [3.8, 4) is 0 Å². The molecule has 0 aliphatic carbocycles. The molecule has 3 heterocycles. The van der Waals surface area contributed by atoms with E-state index in [1.165, 1.54) is 0 Å². The largest absolute Gasteiger partial charge is 0.342 e. The van der Waals surface area contributed by atoms with Gasteiger partial charge in [-0.15, -0.1) is 0 Å². The van der Waals surface area contributed by atoms with E-state index in [0.717, 1.165) is 56.6 Å². The molecule has 2 aliphatic rings. The minimum absolute atomic E-state index is 0.0286. The first-order chi connectivity index (χ1) is 13.4. The van der Waals surface area contributed by atoms with Crippen molar-refractivity contribution >= 4 is 29.5 Å². The van der Waals surface area contributed by atoms with Crippen molar-refractivity contribution in [2.75, 3.05) is 26.2 Å². The third-order valence-electron chi connectivity index (χ3n) is 5.61. The molecule has 6 nitrogen and oxygen atoms in total. The van der Waals surface area contributed by atoms with Crippen LogP contribution in [0.2, 0.25) is 5.15 Å². The van der Waals surface area contributed by atoms with Crippen LogP contribution in [0.25, 0.3) is 6.08 Å². The van der Waals surface area contributed by atoms with E-state index in [1.807, 2.05) is 16.7 Å². The highest BCUT2D eigenvalue weighted by atomic mass is 35.5. The summed E-state index contributed by atoms with van der Waals surface area (Å²) < 4.78 is 1.79. The van der Waals surface area contributed by atoms with Gasteiger partial charge in [0.25, 0.3) is 0 Å². The topological polar surface area (TPSA) is 58.4 Å². The molecular weight excluding hydrogens is 376 g/mol. The van der Waals surface area contributed by atoms with Crippen molar-refractivity contribution in [2.45, 2.75) is 53.0 Å². The Bertz CT molecular complexity index is 742. The van der Waals surface area contributed by atoms with E-state index in [0.29, 0.717) is 24.2 Å². The summed E-state index contributed by atoms with van der Waals surface area (Å²) in [5, 5.41) is 5.05. The van der Waals surface area contributed by atoms with Gasteiger partial charge in [0.05, 0.1) is 5.69 Å². The van der Waals surface area contributed by atoms with Crippen LogP contribution in [0.4, 0.5) is 0 Å². The summed E-state index contributed by atoms with van der Waals surface area (Å²) in [7, 11) is 0. The molecule has 2 amide bonds. The summed E-state index contributed by atoms with van der Waals surface area (Å²) in [6.07, 6.45) is 7.08. The van der Waals surface area contributed by atoms with Crippen LogP contribution in [0.3, 0.4) is 0 Å². The Balaban J connectivity index is 1.56. The maximum absolute atomic E-state index is 12.6. The summed E-state index contributed by atoms with van der Waals surface area (Å²) in [5.74, 6) is 0.760. The molecule has 7 heteroatoms. The third kappa shape index (κ3) is 4.77. The molecule has 1 aromatic heterocycles. The van der Waals surface area contributed by atoms with E-state index in [1.54, 1.807) is 16.8 Å². The Morgan fingerprint density at radius 2 is 1.79 bits per heavy atom. The second-order valence-corrected chi connectivity index (χ2v) is 8.69. The minimum Gasteiger partial charge on any atom is -0.342 e. The van der Waals surface area contributed by atoms with Crippen LogP contribution in [0.1, 0.15) is 50.8 Å². The number of nitrogens with zero attached hydrogens (tertiary/aromatic N) is 4. The van der Waals surface area contributed by atoms with Gasteiger partial charge in [-0.05, 0) is 44.6 Å². The zero-order valence-corrected chi connectivity index (χ0v) is 17.9. The van der Waals surface area contributed by atoms with Crippen LogP contribution in [0, 0.1) is 18.8 Å². The number of halogens is 1. The molecule has 0 radical (unpaired) electrons. The predicted molar refractivity (Wildman–Crippen MR) is 111 cm³/mol. The number of hydrogen-bond acceptors (Lipinski definition) is 3. The minimum atomic E-state index is -0.0286. The number of aromatic nitrogens is 2. The van der Waals surface area contributed by atoms with Gasteiger partial charge in [0.15, 0.2) is 0 Å². The SMILES string of the molecule is Cc1nn(CC(C)C)c(Cl)c1/C=C/C(=O)N1CCC(C(=O)N2CCCC2)CC1. The molecule has 0 unspecified atom stereocenters. The fraction of sp³-hybridized carbons (Fsp3) is 0.667. The van der Waals surface area contributed by atoms with Gasteiger partial charge in [0, 0.05) is 50.3 Å². The first-order valence-electron chi connectivity index (χ1n) is 10.4. The van der Waals surface area contributed by atoms with E-state index in [2.05, 4.69) is 18.9 Å². The molecule has 0 saturated carbocycles. The number of carbonyl (C=O) groups is 2. The van der Waals surface area contributed by atoms with Crippen molar-refractivity contribution in [3.63, 3.8) is 0 Å². The molecule has 2 saturated heterocycles. The predicted octanol–water partition coefficient (Wildman–Crippen LogP) is 3.38. The molecule has 0 bridgehead atoms. The van der Waals surface area contributed by atoms with Crippen molar-refractivity contribution in [1.29, 1.82) is 0 Å². The summed E-state index contributed by atoms with van der Waals surface area (Å²) in [6, 6.07) is 0. The van der Waals surface area contributed by atoms with E-state index in [4.69, 9.17) is 11.6 Å². The zero-order valence-electron chi connectivity index (χ0n) is 17.2. The van der Waals surface area contributed by atoms with Gasteiger partial charge in [0.1, 0.15) is 5.15 Å². The van der Waals surface area contributed by atoms with Crippen LogP contribution in [0.15, 0.2) is 6.08 Å². The standard InChI is InChI=1S/C21H31ClN4O2/c1-15(2)14-26-20(22)18(16(3)23-26)6-7-19(27)24-12-8-17(9-13-24)21(28)25-10-4-5-11-25/h6-7,15,17H,4-5,8-14H2,1-3H3/b7-6+. The molecule has 2 aliphatic heterocycles. The van der Waals surface area contributed by atoms with Gasteiger partial charge in [-0.1, -0.05) is 25.4 Å². The van der Waals surface area contributed by atoms with Gasteiger partial charge in [0.2, 0.25) is 11.8 Å². The number of hydrogen-bond donors (Lipinski definition) is 0. The zero-order chi connectivity index (χ0) is 20.3. The van der Waals surface area contributed by atoms with E-state index in [-0.39, 0.29) is 17.7 Å². The number of piperidine rings is 1. The second kappa shape index (κ2) is 9.12. The van der Waals surface area contributed by atoms with Crippen LogP contribution in [-0.2, 0) is 16.1 Å². The summed E-state index contributed by atoms with van der Waals surface area (Å²) in [6.45, 7) is 9.94. The molecule has 3 rings (SSSR count). The molecule has 0 spiro atoms. The molecular formula is C21H31ClN4O2. The number of amides is 2. The Morgan fingerprint density at radius 1 is 1.14 bits per heavy atom. The highest BCUT2D eigenvalue weighted by Crippen LogP contribution is 2.24. The van der Waals surface area contributed by atoms with Crippen LogP contribution in [-0.4, -0.2) is 57.6 Å². The fourth-order valence-electron chi connectivity index (χ4n) is 4.03. The molecule has 2 fully saturated rings. The number of rotatable bonds is 5. The average Bonchev–Trinajstić information content (AvgIpc) is 3.29. The highest BCUT2D eigenvalue weighted by molar-refractivity contribution is 6.31. The van der Waals surface area contributed by atoms with E-state index >= 15 is 0 Å². The van der Waals surface area contributed by atoms with Crippen LogP contribution >= 0.6 is 11.6 Å². The third-order valence-corrected chi connectivity index (χ3v) is 6.01. The molecule has 28 heavy (non-hydrogen) atoms. The quantitative estimate of drug-likeness (QED) is 0.704. The lowest BCUT2D eigenvalue weighted by molar-refractivity contribution is -0.138. The lowest BCUT2D eigenvalue weighted by atomic mass is 9.95. The monoisotopic (exact) mass is 406 g/mol. The van der Waals surface area contributed by atoms with Gasteiger partial charge in [-0.25, -0.2) is 0 Å². The normalized spacial score (nSPS) is 18.6. The maximum Gasteiger partial charge on any atom is 0.246 e. The summed E-state index contributed by atoms with van der Waals surface area (Å²) in [4.78, 5) is 28.9. The van der Waals surface area contributed by atoms with Gasteiger partial charge >= 0.3 is 0 Å². The van der Waals surface area contributed by atoms with Crippen LogP contribution < -0.4 is 0 Å². The maximum atomic E-state index is 12.6. The second-order valence-electron chi connectivity index (χ2n) is 8.33. The van der Waals surface area contributed by atoms with Crippen molar-refractivity contribution in [1.82, 2.24) is 19.6 Å². The Hall–Kier alpha value is -1.82. The van der Waals surface area contributed by atoms with Gasteiger partial charge in [-0.3, -0.25) is 14.3 Å². The average molecular weight is 407 g/mol. The van der Waals surface area contributed by atoms with Gasteiger partial charge < -0.3 is 9.80 Å². The molecule has 0 aromatic carbocycles. The van der Waals surface area contributed by atoms with Crippen molar-refractivity contribution in [3.05, 3.63) is 22.5 Å². The van der Waals surface area contributed by atoms with Gasteiger partial charge in [-0.2, -0.15) is 5.10 Å². The number of likely N-dealkylation sites (tertiary alicyclic amines) is 2. The smallest absolute Gasteiger partial charge is 0.246 e. The Labute approximate surface area is 172 Å². The summed E-state index contributed by atoms with van der Waals surface area (Å²) >= 11 is 6.44. The lowest BCUT2D eigenvalue weighted by Gasteiger charge is -2.32. The number of carbonyl (C=O) groups excluding carboxylic acids is 2. The molecule has 0 N–H and O–H groups in total. The molecule has 1 aromatic rings. The summed E-state index contributed by atoms with van der Waals surface area (Å²) in [5.41, 5.74) is 1.62. The number of aryl methyl sites for hydroxylation is 1. The Kier molecular flexibility index (Phi) is 6.81. The highest BCUT2D eigenvalue weighted by Gasteiger charge is 2.30. The molecule has 154 valence electrons. The lowest BCUT2D eigenvalue weighted by Crippen LogP contribution is -2.43. The van der Waals surface area contributed by atoms with E-state index in [9.17, 15) is 9.59 Å². The molecule has 0 atom stereocenters. The van der Waals surface area contributed by atoms with E-state index < -0.39 is 0 Å². The first-order valence-corrected chi connectivity index (χ1v) is 10.7. The Morgan fingerprint density at radius 3 is 2.39 bits per heavy atom. The van der Waals surface area contributed by atoms with Crippen molar-refractivity contribution < 1.29 is 9.59 Å². The fourth-order valence-corrected chi connectivity index (χ4v) is 4.33. The van der Waals surface area contributed by atoms with Crippen LogP contribution in [0.5, 0.6) is 0 Å².